The average Bonchev–Trinajstić information content (AvgIpc) is 2.45. The Hall–Kier alpha value is -1.70. The molecule has 120 valence electrons. The predicted octanol–water partition coefficient (Wildman–Crippen LogP) is 0.0178. The average molecular weight is 302 g/mol. The van der Waals surface area contributed by atoms with E-state index in [4.69, 9.17) is 25.5 Å². The Morgan fingerprint density at radius 3 is 2.14 bits per heavy atom. The first kappa shape index (κ1) is 19.3. The number of rotatable bonds is 6. The van der Waals surface area contributed by atoms with Crippen LogP contribution in [0.4, 0.5) is 0 Å². The number of aliphatic hydroxyl groups is 3. The molecule has 1 unspecified atom stereocenters. The van der Waals surface area contributed by atoms with E-state index in [1.165, 1.54) is 25.2 Å². The first-order valence-corrected chi connectivity index (χ1v) is 6.48. The Morgan fingerprint density at radius 1 is 1.24 bits per heavy atom. The third-order valence-electron chi connectivity index (χ3n) is 3.14. The quantitative estimate of drug-likeness (QED) is 0.466. The molecule has 0 amide bonds. The molecule has 0 aliphatic heterocycles. The fourth-order valence-corrected chi connectivity index (χ4v) is 1.61. The minimum atomic E-state index is -1.08. The normalized spacial score (nSPS) is 20.5. The largest absolute Gasteiger partial charge is 0.481 e. The zero-order chi connectivity index (χ0) is 16.5. The van der Waals surface area contributed by atoms with E-state index in [0.29, 0.717) is 6.42 Å². The van der Waals surface area contributed by atoms with E-state index in [-0.39, 0.29) is 37.7 Å². The van der Waals surface area contributed by atoms with E-state index in [9.17, 15) is 9.59 Å². The molecule has 1 atom stereocenters. The molecule has 0 radical (unpaired) electrons. The van der Waals surface area contributed by atoms with Crippen LogP contribution in [0.2, 0.25) is 0 Å². The minimum Gasteiger partial charge on any atom is -0.481 e. The summed E-state index contributed by atoms with van der Waals surface area (Å²) in [6, 6.07) is 0. The monoisotopic (exact) mass is 302 g/mol. The number of carboxylic acids is 2. The highest BCUT2D eigenvalue weighted by atomic mass is 16.4. The van der Waals surface area contributed by atoms with Gasteiger partial charge in [0.15, 0.2) is 0 Å². The summed E-state index contributed by atoms with van der Waals surface area (Å²) in [5.74, 6) is -2.20. The van der Waals surface area contributed by atoms with Gasteiger partial charge in [-0.05, 0) is 19.8 Å². The van der Waals surface area contributed by atoms with Crippen molar-refractivity contribution >= 4 is 11.9 Å². The second-order valence-corrected chi connectivity index (χ2v) is 5.00. The molecule has 1 aliphatic carbocycles. The molecule has 0 heterocycles. The van der Waals surface area contributed by atoms with Gasteiger partial charge in [-0.15, -0.1) is 0 Å². The third kappa shape index (κ3) is 6.52. The fraction of sp³-hybridized carbons (Fsp3) is 0.571. The molecule has 0 aromatic rings. The minimum absolute atomic E-state index is 0.0335. The molecule has 0 spiro atoms. The molecule has 7 heteroatoms. The highest BCUT2D eigenvalue weighted by Gasteiger charge is 2.34. The van der Waals surface area contributed by atoms with Gasteiger partial charge in [0.2, 0.25) is 0 Å². The van der Waals surface area contributed by atoms with Crippen molar-refractivity contribution in [2.45, 2.75) is 19.8 Å². The van der Waals surface area contributed by atoms with Gasteiger partial charge in [-0.2, -0.15) is 0 Å². The van der Waals surface area contributed by atoms with E-state index in [1.54, 1.807) is 0 Å². The number of carbonyl (C=O) groups is 2. The van der Waals surface area contributed by atoms with Crippen LogP contribution in [0.15, 0.2) is 23.8 Å². The number of hydrogen-bond donors (Lipinski definition) is 5. The lowest BCUT2D eigenvalue weighted by molar-refractivity contribution is -0.145. The summed E-state index contributed by atoms with van der Waals surface area (Å²) in [4.78, 5) is 21.3. The Morgan fingerprint density at radius 2 is 1.81 bits per heavy atom. The predicted molar refractivity (Wildman–Crippen MR) is 74.6 cm³/mol. The Labute approximate surface area is 122 Å². The van der Waals surface area contributed by atoms with Crippen LogP contribution in [0.25, 0.3) is 0 Å². The molecule has 0 fully saturated rings. The maximum Gasteiger partial charge on any atom is 0.331 e. The van der Waals surface area contributed by atoms with Crippen LogP contribution in [0.5, 0.6) is 0 Å². The molecule has 0 aromatic carbocycles. The highest BCUT2D eigenvalue weighted by molar-refractivity contribution is 5.90. The van der Waals surface area contributed by atoms with Crippen LogP contribution in [-0.4, -0.2) is 57.3 Å². The summed E-state index contributed by atoms with van der Waals surface area (Å²) < 4.78 is 0. The van der Waals surface area contributed by atoms with Crippen molar-refractivity contribution in [2.24, 2.45) is 11.3 Å². The van der Waals surface area contributed by atoms with Crippen LogP contribution in [-0.2, 0) is 9.59 Å². The van der Waals surface area contributed by atoms with E-state index >= 15 is 0 Å². The van der Waals surface area contributed by atoms with E-state index in [1.807, 2.05) is 0 Å². The van der Waals surface area contributed by atoms with E-state index < -0.39 is 17.4 Å². The van der Waals surface area contributed by atoms with Gasteiger partial charge in [-0.25, -0.2) is 4.79 Å². The Balaban J connectivity index is 0.000000433. The van der Waals surface area contributed by atoms with Crippen LogP contribution >= 0.6 is 0 Å². The van der Waals surface area contributed by atoms with Crippen molar-refractivity contribution in [1.82, 2.24) is 0 Å². The standard InChI is InChI=1S/C9H10O4.C5H12O3/c1-9(8(12)13)4-2-3-6(5-9)7(10)11;6-2-1-5(3-7)4-8/h2-4H,5H2,1H3,(H,10,11)(H,12,13);5-8H,1-4H2. The van der Waals surface area contributed by atoms with Crippen molar-refractivity contribution in [1.29, 1.82) is 0 Å². The molecule has 0 saturated carbocycles. The molecule has 21 heavy (non-hydrogen) atoms. The van der Waals surface area contributed by atoms with Gasteiger partial charge >= 0.3 is 11.9 Å². The molecule has 5 N–H and O–H groups in total. The topological polar surface area (TPSA) is 135 Å². The Bertz CT molecular complexity index is 410. The van der Waals surface area contributed by atoms with E-state index in [2.05, 4.69) is 0 Å². The summed E-state index contributed by atoms with van der Waals surface area (Å²) in [5, 5.41) is 42.5. The van der Waals surface area contributed by atoms with Gasteiger partial charge < -0.3 is 25.5 Å². The summed E-state index contributed by atoms with van der Waals surface area (Å²) in [6.07, 6.45) is 4.91. The van der Waals surface area contributed by atoms with Crippen LogP contribution in [0, 0.1) is 11.3 Å². The number of carboxylic acid groups (broad SMARTS) is 2. The van der Waals surface area contributed by atoms with Crippen molar-refractivity contribution in [3.05, 3.63) is 23.8 Å². The van der Waals surface area contributed by atoms with E-state index in [0.717, 1.165) is 0 Å². The van der Waals surface area contributed by atoms with Gasteiger partial charge in [0, 0.05) is 31.3 Å². The van der Waals surface area contributed by atoms with Crippen LogP contribution < -0.4 is 0 Å². The lowest BCUT2D eigenvalue weighted by Crippen LogP contribution is -2.28. The zero-order valence-electron chi connectivity index (χ0n) is 11.9. The second-order valence-electron chi connectivity index (χ2n) is 5.00. The van der Waals surface area contributed by atoms with Gasteiger partial charge in [-0.3, -0.25) is 4.79 Å². The van der Waals surface area contributed by atoms with Gasteiger partial charge in [-0.1, -0.05) is 18.2 Å². The summed E-state index contributed by atoms with van der Waals surface area (Å²) in [5.41, 5.74) is -0.949. The van der Waals surface area contributed by atoms with Crippen molar-refractivity contribution in [3.63, 3.8) is 0 Å². The van der Waals surface area contributed by atoms with Gasteiger partial charge in [0.1, 0.15) is 0 Å². The smallest absolute Gasteiger partial charge is 0.331 e. The second kappa shape index (κ2) is 9.28. The maximum atomic E-state index is 10.8. The fourth-order valence-electron chi connectivity index (χ4n) is 1.61. The first-order valence-electron chi connectivity index (χ1n) is 6.48. The first-order chi connectivity index (χ1) is 9.80. The van der Waals surface area contributed by atoms with Crippen molar-refractivity contribution in [3.8, 4) is 0 Å². The third-order valence-corrected chi connectivity index (χ3v) is 3.14. The Kier molecular flexibility index (Phi) is 8.52. The lowest BCUT2D eigenvalue weighted by atomic mass is 9.80. The molecule has 1 rings (SSSR count). The number of hydrogen-bond acceptors (Lipinski definition) is 5. The molecule has 7 nitrogen and oxygen atoms in total. The highest BCUT2D eigenvalue weighted by Crippen LogP contribution is 2.31. The molecule has 1 aliphatic rings. The molecule has 0 bridgehead atoms. The summed E-state index contributed by atoms with van der Waals surface area (Å²) in [6.45, 7) is 1.45. The number of allylic oxidation sites excluding steroid dienone is 2. The zero-order valence-corrected chi connectivity index (χ0v) is 11.9. The van der Waals surface area contributed by atoms with Crippen LogP contribution in [0.3, 0.4) is 0 Å². The SMILES string of the molecule is CC1(C(=O)O)C=CC=C(C(=O)O)C1.OCCC(CO)CO. The van der Waals surface area contributed by atoms with Gasteiger partial charge in [0.25, 0.3) is 0 Å². The van der Waals surface area contributed by atoms with Crippen molar-refractivity contribution in [2.75, 3.05) is 19.8 Å². The van der Waals surface area contributed by atoms with Gasteiger partial charge in [0.05, 0.1) is 5.41 Å². The van der Waals surface area contributed by atoms with Crippen LogP contribution in [0.1, 0.15) is 19.8 Å². The maximum absolute atomic E-state index is 10.8. The molecular weight excluding hydrogens is 280 g/mol. The molecule has 0 aromatic heterocycles. The lowest BCUT2D eigenvalue weighted by Gasteiger charge is -2.23. The summed E-state index contributed by atoms with van der Waals surface area (Å²) >= 11 is 0. The molecule has 0 saturated heterocycles. The molecular formula is C14H22O7. The summed E-state index contributed by atoms with van der Waals surface area (Å²) in [7, 11) is 0. The number of aliphatic hydroxyl groups excluding tert-OH is 3. The number of aliphatic carboxylic acids is 2. The van der Waals surface area contributed by atoms with Crippen molar-refractivity contribution < 1.29 is 35.1 Å².